The molecule has 1 rings (SSSR count). The highest BCUT2D eigenvalue weighted by Gasteiger charge is 2.33. The van der Waals surface area contributed by atoms with Crippen LogP contribution in [0.4, 0.5) is 9.18 Å². The maximum atomic E-state index is 14.1. The molecule has 0 bridgehead atoms. The van der Waals surface area contributed by atoms with E-state index in [4.69, 9.17) is 9.47 Å². The number of piperidine rings is 1. The fraction of sp³-hybridized carbons (Fsp3) is 0.857. The van der Waals surface area contributed by atoms with E-state index in [-0.39, 0.29) is 13.1 Å². The van der Waals surface area contributed by atoms with Crippen LogP contribution in [0.1, 0.15) is 34.1 Å². The first kappa shape index (κ1) is 17.7. The fourth-order valence-electron chi connectivity index (χ4n) is 2.05. The van der Waals surface area contributed by atoms with Crippen molar-refractivity contribution in [3.63, 3.8) is 0 Å². The Morgan fingerprint density at radius 3 is 2.57 bits per heavy atom. The number of hydrogen-bond donors (Lipinski definition) is 1. The largest absolute Gasteiger partial charge is 0.465 e. The predicted molar refractivity (Wildman–Crippen MR) is 75.7 cm³/mol. The van der Waals surface area contributed by atoms with Crippen molar-refractivity contribution in [2.45, 2.75) is 51.9 Å². The minimum atomic E-state index is -1.24. The quantitative estimate of drug-likeness (QED) is 0.797. The normalized spacial score (nSPS) is 22.8. The van der Waals surface area contributed by atoms with Crippen LogP contribution < -0.4 is 5.32 Å². The van der Waals surface area contributed by atoms with Gasteiger partial charge in [0.25, 0.3) is 0 Å². The zero-order valence-corrected chi connectivity index (χ0v) is 13.1. The maximum Gasteiger partial charge on any atom is 0.410 e. The van der Waals surface area contributed by atoms with Crippen molar-refractivity contribution < 1.29 is 23.5 Å². The van der Waals surface area contributed by atoms with E-state index in [0.29, 0.717) is 19.6 Å². The lowest BCUT2D eigenvalue weighted by Gasteiger charge is -2.35. The van der Waals surface area contributed by atoms with Crippen LogP contribution in [0.25, 0.3) is 0 Å². The van der Waals surface area contributed by atoms with Crippen molar-refractivity contribution >= 4 is 12.1 Å². The summed E-state index contributed by atoms with van der Waals surface area (Å²) in [5, 5.41) is 2.84. The Morgan fingerprint density at radius 2 is 2.05 bits per heavy atom. The van der Waals surface area contributed by atoms with Gasteiger partial charge in [0.1, 0.15) is 11.8 Å². The molecule has 1 aliphatic heterocycles. The number of ether oxygens (including phenoxy) is 2. The van der Waals surface area contributed by atoms with E-state index in [2.05, 4.69) is 5.32 Å². The highest BCUT2D eigenvalue weighted by Crippen LogP contribution is 2.17. The van der Waals surface area contributed by atoms with Gasteiger partial charge in [-0.1, -0.05) is 0 Å². The van der Waals surface area contributed by atoms with Crippen LogP contribution >= 0.6 is 0 Å². The van der Waals surface area contributed by atoms with Gasteiger partial charge in [-0.25, -0.2) is 9.18 Å². The first-order chi connectivity index (χ1) is 9.73. The van der Waals surface area contributed by atoms with E-state index < -0.39 is 29.9 Å². The van der Waals surface area contributed by atoms with Crippen LogP contribution in [0.2, 0.25) is 0 Å². The lowest BCUT2D eigenvalue weighted by Crippen LogP contribution is -2.54. The molecular formula is C14H25FN2O4. The number of likely N-dealkylation sites (tertiary alicyclic amines) is 1. The number of esters is 1. The van der Waals surface area contributed by atoms with E-state index >= 15 is 0 Å². The summed E-state index contributed by atoms with van der Waals surface area (Å²) in [7, 11) is 0. The minimum absolute atomic E-state index is 0.0225. The molecule has 1 fully saturated rings. The number of nitrogens with zero attached hydrogens (tertiary/aromatic N) is 1. The smallest absolute Gasteiger partial charge is 0.410 e. The molecule has 0 aromatic heterocycles. The molecule has 6 nitrogen and oxygen atoms in total. The number of halogens is 1. The van der Waals surface area contributed by atoms with Gasteiger partial charge in [-0.15, -0.1) is 0 Å². The summed E-state index contributed by atoms with van der Waals surface area (Å²) in [6.45, 7) is 7.67. The van der Waals surface area contributed by atoms with E-state index in [0.717, 1.165) is 0 Å². The first-order valence-electron chi connectivity index (χ1n) is 7.24. The minimum Gasteiger partial charge on any atom is -0.465 e. The van der Waals surface area contributed by atoms with Gasteiger partial charge in [0, 0.05) is 12.6 Å². The van der Waals surface area contributed by atoms with Crippen molar-refractivity contribution in [2.24, 2.45) is 0 Å². The molecule has 1 aliphatic rings. The Balaban J connectivity index is 2.40. The van der Waals surface area contributed by atoms with Crippen LogP contribution in [0.3, 0.4) is 0 Å². The van der Waals surface area contributed by atoms with Crippen LogP contribution in [0.5, 0.6) is 0 Å². The predicted octanol–water partition coefficient (Wildman–Crippen LogP) is 1.49. The van der Waals surface area contributed by atoms with E-state index in [1.807, 2.05) is 0 Å². The van der Waals surface area contributed by atoms with Crippen LogP contribution in [-0.4, -0.2) is 61.0 Å². The summed E-state index contributed by atoms with van der Waals surface area (Å²) in [4.78, 5) is 24.4. The summed E-state index contributed by atoms with van der Waals surface area (Å²) >= 11 is 0. The zero-order chi connectivity index (χ0) is 16.0. The molecule has 0 radical (unpaired) electrons. The molecule has 1 N–H and O–H groups in total. The molecule has 0 aromatic rings. The maximum absolute atomic E-state index is 14.1. The van der Waals surface area contributed by atoms with E-state index in [1.54, 1.807) is 27.7 Å². The van der Waals surface area contributed by atoms with Crippen molar-refractivity contribution in [1.29, 1.82) is 0 Å². The molecular weight excluding hydrogens is 279 g/mol. The summed E-state index contributed by atoms with van der Waals surface area (Å²) < 4.78 is 24.1. The van der Waals surface area contributed by atoms with Gasteiger partial charge in [-0.05, 0) is 34.1 Å². The SMILES string of the molecule is CCOC(=O)CN[C@@H]1CCN(C(=O)OC(C)(C)C)C[C@@H]1F. The Bertz CT molecular complexity index is 370. The number of carbonyl (C=O) groups excluding carboxylic acids is 2. The van der Waals surface area contributed by atoms with Crippen molar-refractivity contribution in [1.82, 2.24) is 10.2 Å². The Hall–Kier alpha value is -1.37. The highest BCUT2D eigenvalue weighted by molar-refractivity contribution is 5.71. The van der Waals surface area contributed by atoms with Gasteiger partial charge in [0.2, 0.25) is 0 Å². The monoisotopic (exact) mass is 304 g/mol. The number of nitrogens with one attached hydrogen (secondary N) is 1. The lowest BCUT2D eigenvalue weighted by molar-refractivity contribution is -0.142. The standard InChI is InChI=1S/C14H25FN2O4/c1-5-20-12(18)8-16-11-6-7-17(9-10(11)15)13(19)21-14(2,3)4/h10-11,16H,5-9H2,1-4H3/t10-,11+/m0/s1. The third-order valence-corrected chi connectivity index (χ3v) is 3.01. The Labute approximate surface area is 125 Å². The van der Waals surface area contributed by atoms with Crippen molar-refractivity contribution in [3.05, 3.63) is 0 Å². The first-order valence-corrected chi connectivity index (χ1v) is 7.24. The topological polar surface area (TPSA) is 67.9 Å². The summed E-state index contributed by atoms with van der Waals surface area (Å²) in [6, 6.07) is -0.451. The van der Waals surface area contributed by atoms with Gasteiger partial charge >= 0.3 is 12.1 Å². The molecule has 21 heavy (non-hydrogen) atoms. The summed E-state index contributed by atoms with van der Waals surface area (Å²) in [6.07, 6.45) is -1.31. The fourth-order valence-corrected chi connectivity index (χ4v) is 2.05. The Kier molecular flexibility index (Phi) is 6.39. The van der Waals surface area contributed by atoms with E-state index in [1.165, 1.54) is 4.90 Å². The molecule has 0 spiro atoms. The molecule has 0 aliphatic carbocycles. The lowest BCUT2D eigenvalue weighted by atomic mass is 10.0. The molecule has 7 heteroatoms. The van der Waals surface area contributed by atoms with Gasteiger partial charge in [-0.2, -0.15) is 0 Å². The average Bonchev–Trinajstić information content (AvgIpc) is 2.35. The van der Waals surface area contributed by atoms with Crippen molar-refractivity contribution in [2.75, 3.05) is 26.2 Å². The van der Waals surface area contributed by atoms with Gasteiger partial charge < -0.3 is 19.7 Å². The molecule has 2 atom stereocenters. The summed E-state index contributed by atoms with van der Waals surface area (Å²) in [5.74, 6) is -0.403. The van der Waals surface area contributed by atoms with Crippen LogP contribution in [-0.2, 0) is 14.3 Å². The highest BCUT2D eigenvalue weighted by atomic mass is 19.1. The van der Waals surface area contributed by atoms with Gasteiger partial charge in [0.05, 0.1) is 19.7 Å². The molecule has 122 valence electrons. The average molecular weight is 304 g/mol. The number of alkyl halides is 1. The second-order valence-corrected chi connectivity index (χ2v) is 6.02. The van der Waals surface area contributed by atoms with E-state index in [9.17, 15) is 14.0 Å². The molecule has 1 heterocycles. The third-order valence-electron chi connectivity index (χ3n) is 3.01. The number of hydrogen-bond acceptors (Lipinski definition) is 5. The molecule has 1 saturated heterocycles. The number of rotatable bonds is 4. The van der Waals surface area contributed by atoms with Crippen LogP contribution in [0.15, 0.2) is 0 Å². The van der Waals surface area contributed by atoms with Crippen LogP contribution in [0, 0.1) is 0 Å². The van der Waals surface area contributed by atoms with Gasteiger partial charge in [0.15, 0.2) is 0 Å². The molecule has 0 saturated carbocycles. The van der Waals surface area contributed by atoms with Crippen molar-refractivity contribution in [3.8, 4) is 0 Å². The summed E-state index contributed by atoms with van der Waals surface area (Å²) in [5.41, 5.74) is -0.595. The number of carbonyl (C=O) groups is 2. The molecule has 1 amide bonds. The zero-order valence-electron chi connectivity index (χ0n) is 13.1. The second kappa shape index (κ2) is 7.59. The molecule has 0 aromatic carbocycles. The Morgan fingerprint density at radius 1 is 1.38 bits per heavy atom. The molecule has 0 unspecified atom stereocenters. The van der Waals surface area contributed by atoms with Gasteiger partial charge in [-0.3, -0.25) is 4.79 Å². The third kappa shape index (κ3) is 6.29. The number of amides is 1. The second-order valence-electron chi connectivity index (χ2n) is 6.02.